The molecule has 22 heavy (non-hydrogen) atoms. The topological polar surface area (TPSA) is 52.3 Å². The zero-order valence-electron chi connectivity index (χ0n) is 13.4. The van der Waals surface area contributed by atoms with Crippen molar-refractivity contribution in [2.75, 3.05) is 0 Å². The Hall–Kier alpha value is -2.13. The third-order valence-corrected chi connectivity index (χ3v) is 3.61. The summed E-state index contributed by atoms with van der Waals surface area (Å²) in [7, 11) is 0. The average molecular weight is 297 g/mol. The van der Waals surface area contributed by atoms with Gasteiger partial charge in [0, 0.05) is 0 Å². The Morgan fingerprint density at radius 2 is 1.64 bits per heavy atom. The van der Waals surface area contributed by atoms with Gasteiger partial charge >= 0.3 is 5.97 Å². The van der Waals surface area contributed by atoms with Gasteiger partial charge in [0.15, 0.2) is 0 Å². The van der Waals surface area contributed by atoms with E-state index in [0.717, 1.165) is 11.1 Å². The van der Waals surface area contributed by atoms with Crippen LogP contribution in [0, 0.1) is 0 Å². The van der Waals surface area contributed by atoms with Gasteiger partial charge < -0.3 is 10.5 Å². The molecule has 1 atom stereocenters. The maximum atomic E-state index is 12.1. The van der Waals surface area contributed by atoms with Crippen LogP contribution in [0.25, 0.3) is 0 Å². The summed E-state index contributed by atoms with van der Waals surface area (Å²) < 4.78 is 5.28. The minimum Gasteiger partial charge on any atom is -0.459 e. The van der Waals surface area contributed by atoms with Gasteiger partial charge in [-0.3, -0.25) is 0 Å². The number of hydrogen-bond donors (Lipinski definition) is 1. The minimum atomic E-state index is -0.752. The zero-order valence-corrected chi connectivity index (χ0v) is 13.4. The highest BCUT2D eigenvalue weighted by Gasteiger charge is 2.19. The lowest BCUT2D eigenvalue weighted by atomic mass is 9.86. The Morgan fingerprint density at radius 3 is 2.18 bits per heavy atom. The van der Waals surface area contributed by atoms with E-state index in [0.29, 0.717) is 0 Å². The van der Waals surface area contributed by atoms with Crippen molar-refractivity contribution in [3.05, 3.63) is 71.3 Å². The first kappa shape index (κ1) is 16.2. The number of hydrogen-bond acceptors (Lipinski definition) is 3. The van der Waals surface area contributed by atoms with Crippen molar-refractivity contribution in [1.29, 1.82) is 0 Å². The normalized spacial score (nSPS) is 12.7. The first-order valence-corrected chi connectivity index (χ1v) is 7.44. The first-order valence-electron chi connectivity index (χ1n) is 7.44. The third-order valence-electron chi connectivity index (χ3n) is 3.61. The molecule has 3 nitrogen and oxygen atoms in total. The maximum Gasteiger partial charge on any atom is 0.327 e. The lowest BCUT2D eigenvalue weighted by Crippen LogP contribution is -2.24. The molecule has 0 aliphatic heterocycles. The SMILES string of the molecule is CC(C)(C)c1ccc(C(N)C(=O)OCc2ccccc2)cc1. The molecule has 2 aromatic rings. The van der Waals surface area contributed by atoms with Crippen molar-refractivity contribution in [3.63, 3.8) is 0 Å². The third kappa shape index (κ3) is 4.18. The summed E-state index contributed by atoms with van der Waals surface area (Å²) in [5.74, 6) is -0.410. The second-order valence-corrected chi connectivity index (χ2v) is 6.44. The average Bonchev–Trinajstić information content (AvgIpc) is 2.52. The molecular formula is C19H23NO2. The summed E-state index contributed by atoms with van der Waals surface area (Å²) in [5.41, 5.74) is 9.00. The number of nitrogens with two attached hydrogens (primary N) is 1. The molecule has 0 heterocycles. The van der Waals surface area contributed by atoms with Crippen molar-refractivity contribution in [1.82, 2.24) is 0 Å². The van der Waals surface area contributed by atoms with E-state index in [1.54, 1.807) is 0 Å². The number of ether oxygens (including phenoxy) is 1. The Labute approximate surface area is 132 Å². The standard InChI is InChI=1S/C19H23NO2/c1-19(2,3)16-11-9-15(10-12-16)17(20)18(21)22-13-14-7-5-4-6-8-14/h4-12,17H,13,20H2,1-3H3. The summed E-state index contributed by atoms with van der Waals surface area (Å²) in [5, 5.41) is 0. The van der Waals surface area contributed by atoms with E-state index in [2.05, 4.69) is 20.8 Å². The van der Waals surface area contributed by atoms with Crippen LogP contribution in [-0.4, -0.2) is 5.97 Å². The highest BCUT2D eigenvalue weighted by atomic mass is 16.5. The molecule has 2 aromatic carbocycles. The van der Waals surface area contributed by atoms with E-state index in [4.69, 9.17) is 10.5 Å². The van der Waals surface area contributed by atoms with Crippen LogP contribution in [0.15, 0.2) is 54.6 Å². The maximum absolute atomic E-state index is 12.1. The molecule has 2 rings (SSSR count). The number of esters is 1. The van der Waals surface area contributed by atoms with Gasteiger partial charge in [-0.05, 0) is 22.1 Å². The van der Waals surface area contributed by atoms with Crippen LogP contribution in [0.2, 0.25) is 0 Å². The molecular weight excluding hydrogens is 274 g/mol. The van der Waals surface area contributed by atoms with Crippen molar-refractivity contribution in [3.8, 4) is 0 Å². The summed E-state index contributed by atoms with van der Waals surface area (Å²) >= 11 is 0. The molecule has 0 bridgehead atoms. The summed E-state index contributed by atoms with van der Waals surface area (Å²) in [6.07, 6.45) is 0. The largest absolute Gasteiger partial charge is 0.459 e. The van der Waals surface area contributed by atoms with Gasteiger partial charge in [0.05, 0.1) is 0 Å². The fraction of sp³-hybridized carbons (Fsp3) is 0.316. The molecule has 0 saturated heterocycles. The lowest BCUT2D eigenvalue weighted by Gasteiger charge is -2.20. The Morgan fingerprint density at radius 1 is 1.05 bits per heavy atom. The molecule has 0 spiro atoms. The van der Waals surface area contributed by atoms with Crippen LogP contribution in [0.4, 0.5) is 0 Å². The second-order valence-electron chi connectivity index (χ2n) is 6.44. The smallest absolute Gasteiger partial charge is 0.327 e. The monoisotopic (exact) mass is 297 g/mol. The molecule has 0 fully saturated rings. The Bertz CT molecular complexity index is 612. The van der Waals surface area contributed by atoms with Crippen LogP contribution in [0.5, 0.6) is 0 Å². The Balaban J connectivity index is 1.98. The fourth-order valence-electron chi connectivity index (χ4n) is 2.15. The van der Waals surface area contributed by atoms with E-state index >= 15 is 0 Å². The van der Waals surface area contributed by atoms with Crippen molar-refractivity contribution in [2.24, 2.45) is 5.73 Å². The predicted octanol–water partition coefficient (Wildman–Crippen LogP) is 3.73. The van der Waals surface area contributed by atoms with Crippen LogP contribution in [0.1, 0.15) is 43.5 Å². The van der Waals surface area contributed by atoms with Gasteiger partial charge in [-0.15, -0.1) is 0 Å². The fourth-order valence-corrected chi connectivity index (χ4v) is 2.15. The molecule has 0 aliphatic rings. The van der Waals surface area contributed by atoms with Crippen molar-refractivity contribution in [2.45, 2.75) is 38.8 Å². The van der Waals surface area contributed by atoms with Gasteiger partial charge in [0.2, 0.25) is 0 Å². The van der Waals surface area contributed by atoms with Gasteiger partial charge in [0.25, 0.3) is 0 Å². The molecule has 0 aromatic heterocycles. The number of benzene rings is 2. The second kappa shape index (κ2) is 6.75. The zero-order chi connectivity index (χ0) is 16.2. The molecule has 0 aliphatic carbocycles. The van der Waals surface area contributed by atoms with Crippen LogP contribution in [0.3, 0.4) is 0 Å². The summed E-state index contributed by atoms with van der Waals surface area (Å²) in [4.78, 5) is 12.1. The summed E-state index contributed by atoms with van der Waals surface area (Å²) in [6.45, 7) is 6.69. The van der Waals surface area contributed by atoms with Crippen LogP contribution >= 0.6 is 0 Å². The van der Waals surface area contributed by atoms with Crippen LogP contribution in [-0.2, 0) is 21.6 Å². The Kier molecular flexibility index (Phi) is 4.99. The predicted molar refractivity (Wildman–Crippen MR) is 88.3 cm³/mol. The number of carbonyl (C=O) groups excluding carboxylic acids is 1. The molecule has 116 valence electrons. The quantitative estimate of drug-likeness (QED) is 0.875. The van der Waals surface area contributed by atoms with Crippen molar-refractivity contribution < 1.29 is 9.53 Å². The van der Waals surface area contributed by atoms with Crippen molar-refractivity contribution >= 4 is 5.97 Å². The lowest BCUT2D eigenvalue weighted by molar-refractivity contribution is -0.146. The van der Waals surface area contributed by atoms with E-state index in [9.17, 15) is 4.79 Å². The van der Waals surface area contributed by atoms with Gasteiger partial charge in [-0.2, -0.15) is 0 Å². The number of rotatable bonds is 4. The molecule has 0 saturated carbocycles. The molecule has 0 radical (unpaired) electrons. The molecule has 3 heteroatoms. The summed E-state index contributed by atoms with van der Waals surface area (Å²) in [6, 6.07) is 16.6. The van der Waals surface area contributed by atoms with Gasteiger partial charge in [-0.25, -0.2) is 4.79 Å². The van der Waals surface area contributed by atoms with E-state index < -0.39 is 12.0 Å². The number of carbonyl (C=O) groups is 1. The van der Waals surface area contributed by atoms with Gasteiger partial charge in [-0.1, -0.05) is 75.4 Å². The van der Waals surface area contributed by atoms with E-state index in [1.807, 2.05) is 54.6 Å². The highest BCUT2D eigenvalue weighted by Crippen LogP contribution is 2.23. The highest BCUT2D eigenvalue weighted by molar-refractivity contribution is 5.77. The first-order chi connectivity index (χ1) is 10.4. The molecule has 0 amide bonds. The molecule has 2 N–H and O–H groups in total. The molecule has 1 unspecified atom stereocenters. The minimum absolute atomic E-state index is 0.0798. The van der Waals surface area contributed by atoms with Crippen LogP contribution < -0.4 is 5.73 Å². The van der Waals surface area contributed by atoms with E-state index in [-0.39, 0.29) is 12.0 Å². The van der Waals surface area contributed by atoms with Gasteiger partial charge in [0.1, 0.15) is 12.6 Å². The van der Waals surface area contributed by atoms with E-state index in [1.165, 1.54) is 5.56 Å².